The number of para-hydroxylation sites is 1. The Labute approximate surface area is 316 Å². The fourth-order valence-electron chi connectivity index (χ4n) is 12.5. The van der Waals surface area contributed by atoms with Crippen molar-refractivity contribution in [2.45, 2.75) is 80.7 Å². The van der Waals surface area contributed by atoms with Crippen molar-refractivity contribution >= 4 is 28.5 Å². The van der Waals surface area contributed by atoms with E-state index < -0.39 is 40.0 Å². The van der Waals surface area contributed by atoms with E-state index in [1.807, 2.05) is 43.1 Å². The SMILES string of the molecule is CCC1=C[C@@H]2CN(C1)Cc1c([nH]c3ccccc13)[C@@](C(=O)OC)(c1cc3c(cc1OC)N(C)[C@H]1C(O)(C(=O)OC)[C@H](O)[C@]4(CC)C=CCN5CCC31[C@@H]54)C2. The van der Waals surface area contributed by atoms with Gasteiger partial charge in [0.05, 0.1) is 27.4 Å². The third-order valence-electron chi connectivity index (χ3n) is 14.5. The molecule has 0 amide bonds. The first-order valence-electron chi connectivity index (χ1n) is 19.5. The number of benzene rings is 2. The Kier molecular flexibility index (Phi) is 8.01. The molecular weight excluding hydrogens is 684 g/mol. The number of nitrogens with one attached hydrogen (secondary N) is 1. The first-order chi connectivity index (χ1) is 26.0. The predicted octanol–water partition coefficient (Wildman–Crippen LogP) is 4.18. The molecule has 1 saturated heterocycles. The Bertz CT molecular complexity index is 2130. The summed E-state index contributed by atoms with van der Waals surface area (Å²) in [5, 5.41) is 26.3. The molecule has 9 rings (SSSR count). The lowest BCUT2D eigenvalue weighted by Crippen LogP contribution is -2.80. The highest BCUT2D eigenvalue weighted by Crippen LogP contribution is 2.67. The number of anilines is 1. The first-order valence-corrected chi connectivity index (χ1v) is 19.5. The minimum atomic E-state index is -2.27. The van der Waals surface area contributed by atoms with Crippen LogP contribution in [0.4, 0.5) is 5.69 Å². The van der Waals surface area contributed by atoms with Crippen molar-refractivity contribution in [1.29, 1.82) is 0 Å². The van der Waals surface area contributed by atoms with E-state index in [0.29, 0.717) is 50.2 Å². The van der Waals surface area contributed by atoms with Crippen LogP contribution in [0.25, 0.3) is 10.9 Å². The average Bonchev–Trinajstić information content (AvgIpc) is 3.84. The molecule has 5 aliphatic heterocycles. The minimum Gasteiger partial charge on any atom is -0.496 e. The largest absolute Gasteiger partial charge is 0.496 e. The fraction of sp³-hybridized carbons (Fsp3) is 0.535. The zero-order valence-electron chi connectivity index (χ0n) is 32.1. The highest BCUT2D eigenvalue weighted by Gasteiger charge is 2.79. The number of aliphatic hydroxyl groups excluding tert-OH is 1. The van der Waals surface area contributed by atoms with Crippen molar-refractivity contribution in [2.24, 2.45) is 11.3 Å². The first kappa shape index (κ1) is 35.5. The van der Waals surface area contributed by atoms with Gasteiger partial charge >= 0.3 is 11.9 Å². The standard InChI is InChI=1S/C43H52N4O7/c1-7-25-18-26-21-42(38(49)53-5,34-28(24-46(22-25)23-26)27-12-9-10-13-31(27)44-34)30-19-29-32(20-33(30)52-4)45(3)36-41(29)15-17-47-16-11-14-40(8-2,35(41)47)37(48)43(36,51)39(50)54-6/h9-14,18-20,26,35-37,44,48,51H,7-8,15-17,21-24H2,1-6H3/t26-,35-,36+,37+,40+,41?,42-,43?/m0/s1. The van der Waals surface area contributed by atoms with Gasteiger partial charge in [-0.15, -0.1) is 0 Å². The van der Waals surface area contributed by atoms with Gasteiger partial charge in [-0.3, -0.25) is 14.6 Å². The van der Waals surface area contributed by atoms with Crippen LogP contribution in [0.15, 0.2) is 60.2 Å². The van der Waals surface area contributed by atoms with Crippen LogP contribution in [0.2, 0.25) is 0 Å². The van der Waals surface area contributed by atoms with Gasteiger partial charge in [0, 0.05) is 84.0 Å². The molecule has 1 aromatic heterocycles. The molecule has 11 nitrogen and oxygen atoms in total. The van der Waals surface area contributed by atoms with Crippen LogP contribution in [0.5, 0.6) is 5.75 Å². The molecule has 3 aromatic rings. The predicted molar refractivity (Wildman–Crippen MR) is 205 cm³/mol. The number of aliphatic hydroxyl groups is 2. The number of hydrogen-bond donors (Lipinski definition) is 3. The van der Waals surface area contributed by atoms with Crippen LogP contribution >= 0.6 is 0 Å². The number of ether oxygens (including phenoxy) is 3. The zero-order valence-corrected chi connectivity index (χ0v) is 32.1. The maximum Gasteiger partial charge on any atom is 0.342 e. The molecule has 11 heteroatoms. The average molecular weight is 737 g/mol. The molecule has 3 unspecified atom stereocenters. The molecule has 286 valence electrons. The van der Waals surface area contributed by atoms with E-state index >= 15 is 4.79 Å². The van der Waals surface area contributed by atoms with E-state index in [1.165, 1.54) is 19.8 Å². The van der Waals surface area contributed by atoms with Crippen molar-refractivity contribution in [2.75, 3.05) is 59.5 Å². The lowest BCUT2D eigenvalue weighted by atomic mass is 9.47. The number of carbonyl (C=O) groups is 2. The maximum atomic E-state index is 15.1. The summed E-state index contributed by atoms with van der Waals surface area (Å²) in [6, 6.07) is 11.3. The van der Waals surface area contributed by atoms with Crippen LogP contribution in [0.3, 0.4) is 0 Å². The van der Waals surface area contributed by atoms with Crippen LogP contribution < -0.4 is 9.64 Å². The number of fused-ring (bicyclic) bond motifs is 6. The molecule has 1 saturated carbocycles. The van der Waals surface area contributed by atoms with Gasteiger partial charge in [-0.2, -0.15) is 0 Å². The van der Waals surface area contributed by atoms with Crippen molar-refractivity contribution in [3.8, 4) is 5.75 Å². The molecule has 54 heavy (non-hydrogen) atoms. The van der Waals surface area contributed by atoms with Gasteiger partial charge in [0.25, 0.3) is 0 Å². The summed E-state index contributed by atoms with van der Waals surface area (Å²) in [5.41, 5.74) is 1.24. The second kappa shape index (κ2) is 12.2. The number of H-pyrrole nitrogens is 1. The monoisotopic (exact) mass is 736 g/mol. The Balaban J connectivity index is 1.37. The van der Waals surface area contributed by atoms with Crippen molar-refractivity contribution in [3.63, 3.8) is 0 Å². The van der Waals surface area contributed by atoms with Crippen molar-refractivity contribution in [3.05, 3.63) is 82.6 Å². The number of carbonyl (C=O) groups excluding carboxylic acids is 2. The molecule has 0 radical (unpaired) electrons. The van der Waals surface area contributed by atoms with Crippen molar-refractivity contribution < 1.29 is 34.0 Å². The lowest BCUT2D eigenvalue weighted by molar-refractivity contribution is -0.218. The van der Waals surface area contributed by atoms with E-state index in [1.54, 1.807) is 7.11 Å². The molecule has 2 aromatic carbocycles. The molecule has 2 bridgehead atoms. The number of methoxy groups -OCH3 is 3. The second-order valence-corrected chi connectivity index (χ2v) is 16.6. The lowest BCUT2D eigenvalue weighted by Gasteiger charge is -2.63. The van der Waals surface area contributed by atoms with E-state index in [4.69, 9.17) is 14.2 Å². The van der Waals surface area contributed by atoms with Gasteiger partial charge in [0.1, 0.15) is 17.3 Å². The number of hydrogen-bond acceptors (Lipinski definition) is 10. The van der Waals surface area contributed by atoms with Gasteiger partial charge in [-0.05, 0) is 61.4 Å². The topological polar surface area (TPSA) is 128 Å². The summed E-state index contributed by atoms with van der Waals surface area (Å²) < 4.78 is 17.6. The van der Waals surface area contributed by atoms with Gasteiger partial charge in [-0.1, -0.05) is 55.8 Å². The van der Waals surface area contributed by atoms with Gasteiger partial charge < -0.3 is 34.3 Å². The van der Waals surface area contributed by atoms with E-state index in [2.05, 4.69) is 52.1 Å². The highest BCUT2D eigenvalue weighted by molar-refractivity contribution is 5.95. The summed E-state index contributed by atoms with van der Waals surface area (Å²) in [4.78, 5) is 39.7. The zero-order chi connectivity index (χ0) is 37.9. The number of aromatic amines is 1. The Morgan fingerprint density at radius 3 is 2.52 bits per heavy atom. The van der Waals surface area contributed by atoms with Crippen LogP contribution in [-0.2, 0) is 36.4 Å². The van der Waals surface area contributed by atoms with Crippen LogP contribution in [0, 0.1) is 11.3 Å². The summed E-state index contributed by atoms with van der Waals surface area (Å²) >= 11 is 0. The number of nitrogens with zero attached hydrogens (tertiary/aromatic N) is 3. The van der Waals surface area contributed by atoms with Gasteiger partial charge in [0.15, 0.2) is 0 Å². The Hall–Kier alpha value is -4.16. The minimum absolute atomic E-state index is 0.0475. The van der Waals surface area contributed by atoms with E-state index in [9.17, 15) is 15.0 Å². The van der Waals surface area contributed by atoms with E-state index in [-0.39, 0.29) is 17.9 Å². The third-order valence-corrected chi connectivity index (χ3v) is 14.5. The summed E-state index contributed by atoms with van der Waals surface area (Å²) in [6.07, 6.45) is 7.52. The van der Waals surface area contributed by atoms with Crippen molar-refractivity contribution in [1.82, 2.24) is 14.8 Å². The van der Waals surface area contributed by atoms with Crippen LogP contribution in [-0.4, -0.2) is 115 Å². The molecule has 3 N–H and O–H groups in total. The molecule has 2 fully saturated rings. The van der Waals surface area contributed by atoms with E-state index in [0.717, 1.165) is 52.9 Å². The fourth-order valence-corrected chi connectivity index (χ4v) is 12.5. The Morgan fingerprint density at radius 1 is 1.02 bits per heavy atom. The molecule has 1 aliphatic carbocycles. The quantitative estimate of drug-likeness (QED) is 0.251. The summed E-state index contributed by atoms with van der Waals surface area (Å²) in [5.74, 6) is -0.669. The van der Waals surface area contributed by atoms with Gasteiger partial charge in [0.2, 0.25) is 5.60 Å². The highest BCUT2D eigenvalue weighted by atomic mass is 16.5. The number of esters is 2. The Morgan fingerprint density at radius 2 is 1.80 bits per heavy atom. The smallest absolute Gasteiger partial charge is 0.342 e. The molecule has 6 aliphatic rings. The molecule has 9 atom stereocenters. The van der Waals surface area contributed by atoms with Gasteiger partial charge in [-0.25, -0.2) is 4.79 Å². The van der Waals surface area contributed by atoms with Crippen LogP contribution in [0.1, 0.15) is 61.9 Å². The second-order valence-electron chi connectivity index (χ2n) is 16.6. The normalized spacial score (nSPS) is 36.3. The molecule has 6 heterocycles. The number of aromatic nitrogens is 1. The number of likely N-dealkylation sites (N-methyl/N-ethyl adjacent to an activating group) is 1. The summed E-state index contributed by atoms with van der Waals surface area (Å²) in [6.45, 7) is 7.97. The number of rotatable bonds is 6. The third kappa shape index (κ3) is 4.21. The summed E-state index contributed by atoms with van der Waals surface area (Å²) in [7, 11) is 6.24. The maximum absolute atomic E-state index is 15.1. The molecular formula is C43H52N4O7. The molecule has 1 spiro atoms.